The first-order chi connectivity index (χ1) is 11.7. The van der Waals surface area contributed by atoms with Crippen molar-refractivity contribution in [3.8, 4) is 0 Å². The van der Waals surface area contributed by atoms with E-state index < -0.39 is 0 Å². The number of nitrogens with one attached hydrogen (secondary N) is 1. The molecule has 24 heavy (non-hydrogen) atoms. The zero-order valence-corrected chi connectivity index (χ0v) is 14.3. The van der Waals surface area contributed by atoms with Crippen LogP contribution in [0, 0.1) is 0 Å². The second kappa shape index (κ2) is 7.44. The summed E-state index contributed by atoms with van der Waals surface area (Å²) < 4.78 is 5.04. The first-order valence-corrected chi connectivity index (χ1v) is 8.71. The average molecular weight is 345 g/mol. The van der Waals surface area contributed by atoms with Crippen molar-refractivity contribution in [3.05, 3.63) is 46.5 Å². The van der Waals surface area contributed by atoms with Gasteiger partial charge in [-0.1, -0.05) is 41.7 Å². The molecule has 0 atom stereocenters. The fourth-order valence-electron chi connectivity index (χ4n) is 2.56. The van der Waals surface area contributed by atoms with Crippen molar-refractivity contribution in [1.29, 1.82) is 0 Å². The third kappa shape index (κ3) is 3.91. The van der Waals surface area contributed by atoms with Gasteiger partial charge in [-0.05, 0) is 12.5 Å². The molecule has 0 radical (unpaired) electrons. The zero-order chi connectivity index (χ0) is 16.9. The van der Waals surface area contributed by atoms with Crippen LogP contribution in [-0.2, 0) is 28.9 Å². The minimum atomic E-state index is -0.300. The molecule has 7 heteroatoms. The summed E-state index contributed by atoms with van der Waals surface area (Å²) in [5, 5.41) is 3.44. The number of hydrogen-bond donors (Lipinski definition) is 1. The van der Waals surface area contributed by atoms with E-state index in [4.69, 9.17) is 4.74 Å². The molecular weight excluding hydrogens is 326 g/mol. The van der Waals surface area contributed by atoms with Crippen LogP contribution in [0.15, 0.2) is 30.3 Å². The molecule has 1 aliphatic rings. The van der Waals surface area contributed by atoms with Gasteiger partial charge in [0, 0.05) is 17.8 Å². The Kier molecular flexibility index (Phi) is 5.10. The van der Waals surface area contributed by atoms with Crippen LogP contribution in [0.4, 0.5) is 9.93 Å². The summed E-state index contributed by atoms with van der Waals surface area (Å²) in [5.41, 5.74) is 1.92. The lowest BCUT2D eigenvalue weighted by molar-refractivity contribution is -0.115. The van der Waals surface area contributed by atoms with Gasteiger partial charge in [0.2, 0.25) is 5.91 Å². The highest BCUT2D eigenvalue weighted by Gasteiger charge is 2.25. The van der Waals surface area contributed by atoms with Crippen LogP contribution in [0.5, 0.6) is 0 Å². The van der Waals surface area contributed by atoms with Crippen LogP contribution >= 0.6 is 11.3 Å². The van der Waals surface area contributed by atoms with E-state index in [0.717, 1.165) is 16.1 Å². The summed E-state index contributed by atoms with van der Waals surface area (Å²) in [4.78, 5) is 31.1. The Hall–Kier alpha value is -2.41. The van der Waals surface area contributed by atoms with Gasteiger partial charge in [-0.15, -0.1) is 0 Å². The quantitative estimate of drug-likeness (QED) is 0.925. The maximum Gasteiger partial charge on any atom is 0.410 e. The molecule has 2 heterocycles. The van der Waals surface area contributed by atoms with E-state index in [2.05, 4.69) is 10.3 Å². The van der Waals surface area contributed by atoms with Gasteiger partial charge in [0.15, 0.2) is 5.13 Å². The number of nitrogens with zero attached hydrogens (tertiary/aromatic N) is 2. The monoisotopic (exact) mass is 345 g/mol. The summed E-state index contributed by atoms with van der Waals surface area (Å²) in [6.07, 6.45) is 0.699. The van der Waals surface area contributed by atoms with Gasteiger partial charge in [0.05, 0.1) is 25.3 Å². The van der Waals surface area contributed by atoms with Gasteiger partial charge in [-0.2, -0.15) is 0 Å². The Morgan fingerprint density at radius 3 is 2.88 bits per heavy atom. The number of rotatable bonds is 4. The van der Waals surface area contributed by atoms with Crippen LogP contribution in [0.25, 0.3) is 0 Å². The molecule has 2 amide bonds. The third-order valence-electron chi connectivity index (χ3n) is 3.71. The van der Waals surface area contributed by atoms with Gasteiger partial charge in [-0.3, -0.25) is 4.79 Å². The second-order valence-electron chi connectivity index (χ2n) is 5.47. The molecule has 1 aromatic heterocycles. The fourth-order valence-corrected chi connectivity index (χ4v) is 3.60. The highest BCUT2D eigenvalue weighted by Crippen LogP contribution is 2.28. The summed E-state index contributed by atoms with van der Waals surface area (Å²) in [7, 11) is 0. The smallest absolute Gasteiger partial charge is 0.410 e. The lowest BCUT2D eigenvalue weighted by Crippen LogP contribution is -2.35. The van der Waals surface area contributed by atoms with E-state index in [9.17, 15) is 9.59 Å². The van der Waals surface area contributed by atoms with Crippen LogP contribution in [-0.4, -0.2) is 35.0 Å². The predicted molar refractivity (Wildman–Crippen MR) is 92.0 cm³/mol. The van der Waals surface area contributed by atoms with Crippen molar-refractivity contribution in [3.63, 3.8) is 0 Å². The minimum Gasteiger partial charge on any atom is -0.450 e. The van der Waals surface area contributed by atoms with Crippen molar-refractivity contribution in [1.82, 2.24) is 9.88 Å². The topological polar surface area (TPSA) is 71.5 Å². The highest BCUT2D eigenvalue weighted by molar-refractivity contribution is 7.15. The predicted octanol–water partition coefficient (Wildman–Crippen LogP) is 2.84. The van der Waals surface area contributed by atoms with Crippen LogP contribution in [0.2, 0.25) is 0 Å². The van der Waals surface area contributed by atoms with Gasteiger partial charge in [0.1, 0.15) is 0 Å². The van der Waals surface area contributed by atoms with Gasteiger partial charge < -0.3 is 15.0 Å². The largest absolute Gasteiger partial charge is 0.450 e. The maximum atomic E-state index is 12.1. The number of carbonyl (C=O) groups is 2. The molecular formula is C17H19N3O3S. The Labute approximate surface area is 144 Å². The van der Waals surface area contributed by atoms with Crippen molar-refractivity contribution in [2.24, 2.45) is 0 Å². The van der Waals surface area contributed by atoms with Crippen molar-refractivity contribution < 1.29 is 14.3 Å². The van der Waals surface area contributed by atoms with E-state index in [0.29, 0.717) is 37.7 Å². The van der Waals surface area contributed by atoms with Crippen molar-refractivity contribution in [2.75, 3.05) is 18.5 Å². The molecule has 126 valence electrons. The molecule has 0 saturated heterocycles. The number of thiazole rings is 1. The summed E-state index contributed by atoms with van der Waals surface area (Å²) in [5.74, 6) is -0.0884. The van der Waals surface area contributed by atoms with E-state index in [1.165, 1.54) is 11.3 Å². The number of hydrogen-bond acceptors (Lipinski definition) is 5. The number of ether oxygens (including phenoxy) is 1. The fraction of sp³-hybridized carbons (Fsp3) is 0.353. The Balaban J connectivity index is 1.61. The molecule has 1 aliphatic heterocycles. The normalized spacial score (nSPS) is 13.3. The van der Waals surface area contributed by atoms with Crippen LogP contribution in [0.3, 0.4) is 0 Å². The van der Waals surface area contributed by atoms with Crippen LogP contribution < -0.4 is 5.32 Å². The van der Waals surface area contributed by atoms with Gasteiger partial charge in [-0.25, -0.2) is 9.78 Å². The number of anilines is 1. The maximum absolute atomic E-state index is 12.1. The summed E-state index contributed by atoms with van der Waals surface area (Å²) in [6.45, 7) is 3.24. The second-order valence-corrected chi connectivity index (χ2v) is 6.55. The number of benzene rings is 1. The van der Waals surface area contributed by atoms with E-state index in [1.54, 1.807) is 11.8 Å². The molecule has 6 nitrogen and oxygen atoms in total. The number of carbonyl (C=O) groups excluding carboxylic acids is 2. The number of aromatic nitrogens is 1. The molecule has 0 spiro atoms. The molecule has 2 aromatic rings. The molecule has 1 N–H and O–H groups in total. The minimum absolute atomic E-state index is 0.0884. The summed E-state index contributed by atoms with van der Waals surface area (Å²) >= 11 is 1.42. The standard InChI is InChI=1S/C17H19N3O3S/c1-2-23-17(22)20-9-8-13-14(11-20)24-16(18-13)19-15(21)10-12-6-4-3-5-7-12/h3-7H,2,8-11H2,1H3,(H,18,19,21). The van der Waals surface area contributed by atoms with E-state index in [-0.39, 0.29) is 12.0 Å². The van der Waals surface area contributed by atoms with E-state index >= 15 is 0 Å². The number of amides is 2. The number of fused-ring (bicyclic) bond motifs is 1. The highest BCUT2D eigenvalue weighted by atomic mass is 32.1. The zero-order valence-electron chi connectivity index (χ0n) is 13.4. The van der Waals surface area contributed by atoms with Crippen LogP contribution in [0.1, 0.15) is 23.1 Å². The summed E-state index contributed by atoms with van der Waals surface area (Å²) in [6, 6.07) is 9.59. The molecule has 0 unspecified atom stereocenters. The lowest BCUT2D eigenvalue weighted by Gasteiger charge is -2.24. The van der Waals surface area contributed by atoms with E-state index in [1.807, 2.05) is 30.3 Å². The molecule has 1 aromatic carbocycles. The molecule has 0 bridgehead atoms. The van der Waals surface area contributed by atoms with Crippen molar-refractivity contribution >= 4 is 28.5 Å². The third-order valence-corrected chi connectivity index (χ3v) is 4.71. The molecule has 0 saturated carbocycles. The first-order valence-electron chi connectivity index (χ1n) is 7.89. The molecule has 0 aliphatic carbocycles. The lowest BCUT2D eigenvalue weighted by atomic mass is 10.1. The van der Waals surface area contributed by atoms with Gasteiger partial charge >= 0.3 is 6.09 Å². The Morgan fingerprint density at radius 1 is 1.33 bits per heavy atom. The first kappa shape index (κ1) is 16.4. The molecule has 0 fully saturated rings. The average Bonchev–Trinajstić information content (AvgIpc) is 2.97. The molecule has 3 rings (SSSR count). The Bertz CT molecular complexity index is 730. The SMILES string of the molecule is CCOC(=O)N1CCc2nc(NC(=O)Cc3ccccc3)sc2C1. The van der Waals surface area contributed by atoms with Gasteiger partial charge in [0.25, 0.3) is 0 Å². The Morgan fingerprint density at radius 2 is 2.12 bits per heavy atom. The van der Waals surface area contributed by atoms with Crippen molar-refractivity contribution in [2.45, 2.75) is 26.3 Å².